The molecule has 2 aromatic heterocycles. The maximum absolute atomic E-state index is 10.5. The van der Waals surface area contributed by atoms with Gasteiger partial charge < -0.3 is 29.6 Å². The minimum atomic E-state index is -1.19. The maximum atomic E-state index is 10.5. The average molecular weight is 391 g/mol. The first kappa shape index (κ1) is 16.9. The van der Waals surface area contributed by atoms with E-state index in [-0.39, 0.29) is 29.4 Å². The normalized spacial score (nSPS) is 43.7. The lowest BCUT2D eigenvalue weighted by Gasteiger charge is -2.23. The number of aromatic nitrogens is 4. The number of aliphatic hydroxyl groups is 2. The summed E-state index contributed by atoms with van der Waals surface area (Å²) in [5.74, 6) is 1.02. The molecule has 6 rings (SSSR count). The van der Waals surface area contributed by atoms with Crippen molar-refractivity contribution in [1.29, 1.82) is 5.41 Å². The second-order valence-electron chi connectivity index (χ2n) is 8.14. The van der Waals surface area contributed by atoms with Gasteiger partial charge >= 0.3 is 0 Å². The fourth-order valence-corrected chi connectivity index (χ4v) is 5.16. The van der Waals surface area contributed by atoms with E-state index in [4.69, 9.17) is 19.6 Å². The predicted octanol–water partition coefficient (Wildman–Crippen LogP) is -1.24. The number of fused-ring (bicyclic) bond motifs is 6. The molecule has 2 aromatic rings. The summed E-state index contributed by atoms with van der Waals surface area (Å²) in [5.41, 5.74) is 0.211. The standard InChI is InChI=1S/C17H21N5O6/c18-15-10-16(20-5-22(15)25)21(4-19-10)17-12(24)11(23)9(27-17)3-26-8-2-6-1-7(8)14-13(6)28-14/h4-9,11-14,17-18,23-25H,1-3H2/t6?,7?,8?,9-,11-,12-,13?,14?,17-/m1/s1. The van der Waals surface area contributed by atoms with Gasteiger partial charge in [0.2, 0.25) is 0 Å². The molecule has 2 saturated carbocycles. The fraction of sp³-hybridized carbons (Fsp3) is 0.706. The van der Waals surface area contributed by atoms with E-state index < -0.39 is 24.5 Å². The third kappa shape index (κ3) is 2.25. The number of epoxide rings is 1. The van der Waals surface area contributed by atoms with Gasteiger partial charge in [-0.05, 0) is 18.8 Å². The number of rotatable bonds is 4. The molecule has 11 nitrogen and oxygen atoms in total. The quantitative estimate of drug-likeness (QED) is 0.373. The molecule has 0 radical (unpaired) electrons. The van der Waals surface area contributed by atoms with Crippen LogP contribution in [-0.4, -0.2) is 77.9 Å². The molecular weight excluding hydrogens is 370 g/mol. The third-order valence-electron chi connectivity index (χ3n) is 6.63. The van der Waals surface area contributed by atoms with Crippen molar-refractivity contribution in [2.45, 2.75) is 55.7 Å². The Morgan fingerprint density at radius 3 is 2.79 bits per heavy atom. The largest absolute Gasteiger partial charge is 0.425 e. The van der Waals surface area contributed by atoms with Crippen LogP contribution in [0.1, 0.15) is 19.1 Å². The van der Waals surface area contributed by atoms with Gasteiger partial charge in [0.1, 0.15) is 24.6 Å². The summed E-state index contributed by atoms with van der Waals surface area (Å²) < 4.78 is 19.6. The van der Waals surface area contributed by atoms with Crippen LogP contribution in [0.25, 0.3) is 11.2 Å². The minimum Gasteiger partial charge on any atom is -0.425 e. The number of nitrogens with zero attached hydrogens (tertiary/aromatic N) is 4. The van der Waals surface area contributed by atoms with Crippen molar-refractivity contribution < 1.29 is 29.6 Å². The van der Waals surface area contributed by atoms with Crippen LogP contribution in [0.15, 0.2) is 12.7 Å². The Morgan fingerprint density at radius 1 is 1.14 bits per heavy atom. The van der Waals surface area contributed by atoms with Crippen LogP contribution in [0.2, 0.25) is 0 Å². The Kier molecular flexibility index (Phi) is 3.45. The zero-order valence-corrected chi connectivity index (χ0v) is 14.8. The van der Waals surface area contributed by atoms with Gasteiger partial charge in [-0.2, -0.15) is 4.73 Å². The number of nitrogens with one attached hydrogen (secondary N) is 1. The fourth-order valence-electron chi connectivity index (χ4n) is 5.16. The smallest absolute Gasteiger partial charge is 0.192 e. The van der Waals surface area contributed by atoms with E-state index in [2.05, 4.69) is 9.97 Å². The first-order valence-corrected chi connectivity index (χ1v) is 9.49. The van der Waals surface area contributed by atoms with Gasteiger partial charge in [-0.1, -0.05) is 0 Å². The zero-order valence-electron chi connectivity index (χ0n) is 14.8. The summed E-state index contributed by atoms with van der Waals surface area (Å²) in [6, 6.07) is 0. The van der Waals surface area contributed by atoms with Gasteiger partial charge in [0.05, 0.1) is 31.2 Å². The molecule has 150 valence electrons. The molecule has 4 aliphatic rings. The Bertz CT molecular complexity index is 992. The van der Waals surface area contributed by atoms with Crippen LogP contribution in [0, 0.1) is 17.2 Å². The first-order valence-electron chi connectivity index (χ1n) is 9.49. The van der Waals surface area contributed by atoms with E-state index in [9.17, 15) is 15.4 Å². The lowest BCUT2D eigenvalue weighted by molar-refractivity contribution is -0.0889. The molecule has 2 aliphatic carbocycles. The molecule has 2 aliphatic heterocycles. The highest BCUT2D eigenvalue weighted by molar-refractivity contribution is 5.68. The molecule has 4 N–H and O–H groups in total. The van der Waals surface area contributed by atoms with Crippen LogP contribution in [0.5, 0.6) is 0 Å². The van der Waals surface area contributed by atoms with Gasteiger partial charge in [0, 0.05) is 5.92 Å². The summed E-state index contributed by atoms with van der Waals surface area (Å²) >= 11 is 0. The van der Waals surface area contributed by atoms with Crippen molar-refractivity contribution >= 4 is 11.2 Å². The molecule has 2 saturated heterocycles. The summed E-state index contributed by atoms with van der Waals surface area (Å²) in [4.78, 5) is 8.12. The van der Waals surface area contributed by atoms with E-state index in [1.165, 1.54) is 10.9 Å². The highest BCUT2D eigenvalue weighted by Crippen LogP contribution is 2.57. The van der Waals surface area contributed by atoms with Crippen molar-refractivity contribution in [1.82, 2.24) is 19.3 Å². The monoisotopic (exact) mass is 391 g/mol. The Balaban J connectivity index is 1.19. The molecule has 9 atom stereocenters. The topological polar surface area (TPSA) is 151 Å². The lowest BCUT2D eigenvalue weighted by atomic mass is 9.98. The van der Waals surface area contributed by atoms with E-state index in [1.807, 2.05) is 0 Å². The van der Waals surface area contributed by atoms with Crippen LogP contribution in [0.4, 0.5) is 0 Å². The van der Waals surface area contributed by atoms with Crippen molar-refractivity contribution in [3.05, 3.63) is 18.1 Å². The molecule has 0 spiro atoms. The number of hydrogen-bond donors (Lipinski definition) is 4. The second-order valence-corrected chi connectivity index (χ2v) is 8.14. The van der Waals surface area contributed by atoms with E-state index in [1.54, 1.807) is 0 Å². The van der Waals surface area contributed by atoms with Crippen molar-refractivity contribution in [3.8, 4) is 0 Å². The van der Waals surface area contributed by atoms with E-state index >= 15 is 0 Å². The number of hydrogen-bond acceptors (Lipinski definition) is 9. The Hall–Kier alpha value is -2.05. The van der Waals surface area contributed by atoms with Gasteiger partial charge in [-0.3, -0.25) is 9.98 Å². The number of aliphatic hydroxyl groups excluding tert-OH is 2. The number of ether oxygens (including phenoxy) is 3. The van der Waals surface area contributed by atoms with Gasteiger partial charge in [-0.25, -0.2) is 9.97 Å². The summed E-state index contributed by atoms with van der Waals surface area (Å²) in [6.45, 7) is 0.181. The number of imidazole rings is 1. The second kappa shape index (κ2) is 5.74. The van der Waals surface area contributed by atoms with Crippen LogP contribution in [-0.2, 0) is 14.2 Å². The molecule has 5 unspecified atom stereocenters. The lowest BCUT2D eigenvalue weighted by Crippen LogP contribution is -2.36. The SMILES string of the molecule is N=c1c2ncn([C@@H]3O[C@H](COC4CC5CC4C4OC54)[C@@H](O)[C@H]3O)c2ncn1O. The third-order valence-corrected chi connectivity index (χ3v) is 6.63. The van der Waals surface area contributed by atoms with Crippen LogP contribution >= 0.6 is 0 Å². The highest BCUT2D eigenvalue weighted by Gasteiger charge is 2.63. The molecule has 4 heterocycles. The van der Waals surface area contributed by atoms with E-state index in [0.717, 1.165) is 19.2 Å². The molecule has 2 bridgehead atoms. The van der Waals surface area contributed by atoms with Gasteiger partial charge in [-0.15, -0.1) is 0 Å². The highest BCUT2D eigenvalue weighted by atomic mass is 16.6. The summed E-state index contributed by atoms with van der Waals surface area (Å²) in [6.07, 6.45) is 1.55. The van der Waals surface area contributed by atoms with Crippen molar-refractivity contribution in [2.24, 2.45) is 11.8 Å². The molecule has 4 fully saturated rings. The minimum absolute atomic E-state index is 0.113. The van der Waals surface area contributed by atoms with Gasteiger partial charge in [0.25, 0.3) is 0 Å². The van der Waals surface area contributed by atoms with E-state index in [0.29, 0.717) is 28.8 Å². The zero-order chi connectivity index (χ0) is 19.2. The Labute approximate surface area is 158 Å². The predicted molar refractivity (Wildman–Crippen MR) is 89.1 cm³/mol. The molecule has 0 amide bonds. The average Bonchev–Trinajstić information content (AvgIpc) is 2.97. The Morgan fingerprint density at radius 2 is 2.00 bits per heavy atom. The van der Waals surface area contributed by atoms with Crippen LogP contribution in [0.3, 0.4) is 0 Å². The maximum Gasteiger partial charge on any atom is 0.192 e. The molecule has 28 heavy (non-hydrogen) atoms. The van der Waals surface area contributed by atoms with Crippen LogP contribution < -0.4 is 5.49 Å². The summed E-state index contributed by atoms with van der Waals surface area (Å²) in [7, 11) is 0. The molecular formula is C17H21N5O6. The van der Waals surface area contributed by atoms with Gasteiger partial charge in [0.15, 0.2) is 22.9 Å². The first-order chi connectivity index (χ1) is 13.5. The molecule has 11 heteroatoms. The van der Waals surface area contributed by atoms with Crippen molar-refractivity contribution in [3.63, 3.8) is 0 Å². The summed E-state index contributed by atoms with van der Waals surface area (Å²) in [5, 5.41) is 38.3. The van der Waals surface area contributed by atoms with Crippen molar-refractivity contribution in [2.75, 3.05) is 6.61 Å². The molecule has 0 aromatic carbocycles.